The van der Waals surface area contributed by atoms with Crippen LogP contribution in [0.1, 0.15) is 54.8 Å². The highest BCUT2D eigenvalue weighted by molar-refractivity contribution is 7.22. The van der Waals surface area contributed by atoms with Crippen LogP contribution in [0.4, 0.5) is 5.13 Å². The summed E-state index contributed by atoms with van der Waals surface area (Å²) in [6.45, 7) is 2.90. The summed E-state index contributed by atoms with van der Waals surface area (Å²) in [7, 11) is 0. The zero-order valence-corrected chi connectivity index (χ0v) is 22.4. The Balaban J connectivity index is 1.08. The summed E-state index contributed by atoms with van der Waals surface area (Å²) in [5.74, 6) is 1.75. The van der Waals surface area contributed by atoms with Gasteiger partial charge in [-0.1, -0.05) is 51.8 Å². The molecule has 1 saturated carbocycles. The molecule has 0 bridgehead atoms. The van der Waals surface area contributed by atoms with Crippen LogP contribution < -0.4 is 4.90 Å². The molecule has 194 valence electrons. The molecule has 37 heavy (non-hydrogen) atoms. The lowest BCUT2D eigenvalue weighted by Gasteiger charge is -2.31. The van der Waals surface area contributed by atoms with Crippen molar-refractivity contribution in [1.29, 1.82) is 0 Å². The van der Waals surface area contributed by atoms with E-state index in [0.29, 0.717) is 51.9 Å². The summed E-state index contributed by atoms with van der Waals surface area (Å²) < 4.78 is 12.9. The van der Waals surface area contributed by atoms with Crippen LogP contribution in [-0.2, 0) is 11.3 Å². The lowest BCUT2D eigenvalue weighted by molar-refractivity contribution is -0.0423. The van der Waals surface area contributed by atoms with Gasteiger partial charge in [0.1, 0.15) is 11.5 Å². The van der Waals surface area contributed by atoms with E-state index in [1.807, 2.05) is 24.3 Å². The van der Waals surface area contributed by atoms with Crippen LogP contribution in [-0.4, -0.2) is 40.1 Å². The molecule has 6 rings (SSSR count). The molecule has 2 aliphatic rings. The fourth-order valence-corrected chi connectivity index (χ4v) is 6.53. The van der Waals surface area contributed by atoms with Crippen molar-refractivity contribution in [2.24, 2.45) is 5.92 Å². The normalized spacial score (nSPS) is 16.8. The molecule has 4 aromatic rings. The highest BCUT2D eigenvalue weighted by Gasteiger charge is 2.33. The maximum Gasteiger partial charge on any atom is 0.186 e. The van der Waals surface area contributed by atoms with Crippen molar-refractivity contribution in [2.75, 3.05) is 24.6 Å². The average Bonchev–Trinajstić information content (AvgIpc) is 3.51. The molecule has 2 aromatic carbocycles. The number of rotatable bonds is 8. The molecule has 7 nitrogen and oxygen atoms in total. The Labute approximate surface area is 228 Å². The van der Waals surface area contributed by atoms with Crippen molar-refractivity contribution in [3.05, 3.63) is 63.3 Å². The lowest BCUT2D eigenvalue weighted by atomic mass is 9.98. The highest BCUT2D eigenvalue weighted by atomic mass is 35.5. The van der Waals surface area contributed by atoms with Gasteiger partial charge in [0.2, 0.25) is 0 Å². The molecule has 1 aliphatic heterocycles. The predicted molar refractivity (Wildman–Crippen MR) is 145 cm³/mol. The smallest absolute Gasteiger partial charge is 0.186 e. The van der Waals surface area contributed by atoms with Crippen molar-refractivity contribution in [3.63, 3.8) is 0 Å². The molecule has 2 fully saturated rings. The van der Waals surface area contributed by atoms with Gasteiger partial charge < -0.3 is 24.4 Å². The number of aromatic nitrogens is 2. The molecule has 0 unspecified atom stereocenters. The number of aliphatic hydroxyl groups excluding tert-OH is 1. The molecule has 1 saturated heterocycles. The first-order chi connectivity index (χ1) is 18.0. The predicted octanol–water partition coefficient (Wildman–Crippen LogP) is 6.55. The number of benzene rings is 2. The first-order valence-corrected chi connectivity index (χ1v) is 14.1. The molecular formula is C27H27Cl2N3O4S. The summed E-state index contributed by atoms with van der Waals surface area (Å²) in [6, 6.07) is 10.8. The third-order valence-corrected chi connectivity index (χ3v) is 8.86. The molecule has 0 atom stereocenters. The number of fused-ring (bicyclic) bond motifs is 1. The van der Waals surface area contributed by atoms with Gasteiger partial charge in [-0.25, -0.2) is 4.98 Å². The minimum absolute atomic E-state index is 0.398. The summed E-state index contributed by atoms with van der Waals surface area (Å²) in [5, 5.41) is 25.3. The van der Waals surface area contributed by atoms with Gasteiger partial charge in [0, 0.05) is 42.3 Å². The van der Waals surface area contributed by atoms with E-state index in [1.54, 1.807) is 23.5 Å². The number of aliphatic hydroxyl groups is 2. The standard InChI is InChI=1S/C27H27Cl2N3O4S/c28-19-2-1-3-20(29)23(19)24-18(25(36-31-24)16-4-5-16)14-35-13-15-8-10-32(11-9-15)27-30-21-7-6-17(26(33)34)12-22(21)37-27/h1-3,6-7,12,15-16,26,33-34H,4-5,8-11,13-14H2. The van der Waals surface area contributed by atoms with Crippen LogP contribution in [0.5, 0.6) is 0 Å². The third-order valence-electron chi connectivity index (χ3n) is 7.15. The molecular weight excluding hydrogens is 533 g/mol. The van der Waals surface area contributed by atoms with Gasteiger partial charge in [0.25, 0.3) is 0 Å². The van der Waals surface area contributed by atoms with Gasteiger partial charge in [-0.2, -0.15) is 0 Å². The fourth-order valence-electron chi connectivity index (χ4n) is 4.89. The van der Waals surface area contributed by atoms with Crippen molar-refractivity contribution in [1.82, 2.24) is 10.1 Å². The maximum atomic E-state index is 9.44. The number of ether oxygens (including phenoxy) is 1. The van der Waals surface area contributed by atoms with E-state index >= 15 is 0 Å². The van der Waals surface area contributed by atoms with Crippen molar-refractivity contribution in [2.45, 2.75) is 44.5 Å². The van der Waals surface area contributed by atoms with Crippen molar-refractivity contribution < 1.29 is 19.5 Å². The average molecular weight is 561 g/mol. The van der Waals surface area contributed by atoms with Gasteiger partial charge in [-0.15, -0.1) is 0 Å². The Bertz CT molecular complexity index is 1390. The summed E-state index contributed by atoms with van der Waals surface area (Å²) in [5.41, 5.74) is 3.70. The second-order valence-corrected chi connectivity index (χ2v) is 11.6. The van der Waals surface area contributed by atoms with Crippen LogP contribution >= 0.6 is 34.5 Å². The Kier molecular flexibility index (Phi) is 7.13. The van der Waals surface area contributed by atoms with E-state index in [4.69, 9.17) is 37.4 Å². The molecule has 0 spiro atoms. The second-order valence-electron chi connectivity index (χ2n) is 9.79. The van der Waals surface area contributed by atoms with E-state index in [1.165, 1.54) is 0 Å². The molecule has 2 aromatic heterocycles. The van der Waals surface area contributed by atoms with Crippen LogP contribution in [0.2, 0.25) is 10.0 Å². The van der Waals surface area contributed by atoms with Gasteiger partial charge in [-0.3, -0.25) is 0 Å². The summed E-state index contributed by atoms with van der Waals surface area (Å²) in [6.07, 6.45) is 2.76. The summed E-state index contributed by atoms with van der Waals surface area (Å²) in [4.78, 5) is 7.06. The van der Waals surface area contributed by atoms with Crippen LogP contribution in [0.3, 0.4) is 0 Å². The topological polar surface area (TPSA) is 91.9 Å². The quantitative estimate of drug-likeness (QED) is 0.236. The Morgan fingerprint density at radius 2 is 1.84 bits per heavy atom. The highest BCUT2D eigenvalue weighted by Crippen LogP contribution is 2.46. The molecule has 3 heterocycles. The van der Waals surface area contributed by atoms with Crippen LogP contribution in [0.25, 0.3) is 21.5 Å². The minimum atomic E-state index is -1.47. The Morgan fingerprint density at radius 1 is 1.08 bits per heavy atom. The van der Waals surface area contributed by atoms with Gasteiger partial charge in [0.05, 0.1) is 26.9 Å². The van der Waals surface area contributed by atoms with E-state index in [0.717, 1.165) is 65.4 Å². The van der Waals surface area contributed by atoms with Crippen LogP contribution in [0.15, 0.2) is 40.9 Å². The van der Waals surface area contributed by atoms with E-state index in [-0.39, 0.29) is 0 Å². The van der Waals surface area contributed by atoms with E-state index < -0.39 is 6.29 Å². The van der Waals surface area contributed by atoms with Crippen molar-refractivity contribution in [3.8, 4) is 11.3 Å². The van der Waals surface area contributed by atoms with Gasteiger partial charge in [0.15, 0.2) is 11.4 Å². The third kappa shape index (κ3) is 5.24. The molecule has 10 heteroatoms. The molecule has 2 N–H and O–H groups in total. The van der Waals surface area contributed by atoms with E-state index in [9.17, 15) is 10.2 Å². The fraction of sp³-hybridized carbons (Fsp3) is 0.407. The number of nitrogens with zero attached hydrogens (tertiary/aromatic N) is 3. The number of thiazole rings is 1. The van der Waals surface area contributed by atoms with E-state index in [2.05, 4.69) is 10.1 Å². The minimum Gasteiger partial charge on any atom is -0.376 e. The first kappa shape index (κ1) is 25.1. The lowest BCUT2D eigenvalue weighted by Crippen LogP contribution is -2.35. The van der Waals surface area contributed by atoms with Gasteiger partial charge >= 0.3 is 0 Å². The molecule has 0 radical (unpaired) electrons. The Morgan fingerprint density at radius 3 is 2.54 bits per heavy atom. The number of piperidine rings is 1. The number of hydrogen-bond donors (Lipinski definition) is 2. The maximum absolute atomic E-state index is 9.44. The zero-order chi connectivity index (χ0) is 25.5. The number of halogens is 2. The van der Waals surface area contributed by atoms with Crippen molar-refractivity contribution >= 4 is 49.9 Å². The largest absolute Gasteiger partial charge is 0.376 e. The molecule has 0 amide bonds. The Hall–Kier alpha value is -2.20. The van der Waals surface area contributed by atoms with Crippen LogP contribution in [0, 0.1) is 5.92 Å². The first-order valence-electron chi connectivity index (χ1n) is 12.5. The SMILES string of the molecule is OC(O)c1ccc2nc(N3CCC(COCc4c(-c5c(Cl)cccc5Cl)noc4C4CC4)CC3)sc2c1. The van der Waals surface area contributed by atoms with Gasteiger partial charge in [-0.05, 0) is 55.9 Å². The molecule has 1 aliphatic carbocycles. The number of hydrogen-bond acceptors (Lipinski definition) is 8. The number of anilines is 1. The summed E-state index contributed by atoms with van der Waals surface area (Å²) >= 11 is 14.5. The zero-order valence-electron chi connectivity index (χ0n) is 20.1. The monoisotopic (exact) mass is 559 g/mol. The second kappa shape index (κ2) is 10.5.